The van der Waals surface area contributed by atoms with Crippen molar-refractivity contribution in [1.29, 1.82) is 0 Å². The Morgan fingerprint density at radius 1 is 1.47 bits per heavy atom. The molecule has 0 aliphatic carbocycles. The Hall–Kier alpha value is -1.26. The fourth-order valence-electron chi connectivity index (χ4n) is 1.27. The Labute approximate surface area is 90.3 Å². The van der Waals surface area contributed by atoms with E-state index in [1.165, 1.54) is 0 Å². The number of benzene rings is 1. The second kappa shape index (κ2) is 5.58. The number of aliphatic hydroxyl groups is 1. The highest BCUT2D eigenvalue weighted by Gasteiger charge is 2.06. The molecular formula is C11H18N2O2. The standard InChI is InChI=1S/C11H18N2O2/c1-13(2)7-10(14)8-15-11-5-3-4-9(12)6-11/h3-6,10,14H,7-8,12H2,1-2H3. The average Bonchev–Trinajstić information content (AvgIpc) is 2.14. The lowest BCUT2D eigenvalue weighted by atomic mass is 10.3. The summed E-state index contributed by atoms with van der Waals surface area (Å²) in [5.74, 6) is 0.688. The third-order valence-corrected chi connectivity index (χ3v) is 1.88. The minimum absolute atomic E-state index is 0.279. The quantitative estimate of drug-likeness (QED) is 0.698. The molecule has 1 atom stereocenters. The van der Waals surface area contributed by atoms with Gasteiger partial charge in [-0.05, 0) is 26.2 Å². The molecule has 0 fully saturated rings. The smallest absolute Gasteiger partial charge is 0.121 e. The first-order valence-corrected chi connectivity index (χ1v) is 4.89. The molecule has 15 heavy (non-hydrogen) atoms. The lowest BCUT2D eigenvalue weighted by Crippen LogP contribution is -2.30. The zero-order valence-corrected chi connectivity index (χ0v) is 9.18. The van der Waals surface area contributed by atoms with E-state index in [0.717, 1.165) is 0 Å². The topological polar surface area (TPSA) is 58.7 Å². The first-order chi connectivity index (χ1) is 7.08. The summed E-state index contributed by atoms with van der Waals surface area (Å²) in [7, 11) is 3.81. The molecule has 0 aromatic heterocycles. The van der Waals surface area contributed by atoms with E-state index in [2.05, 4.69) is 0 Å². The number of hydrogen-bond acceptors (Lipinski definition) is 4. The molecule has 0 amide bonds. The SMILES string of the molecule is CN(C)CC(O)COc1cccc(N)c1. The number of nitrogens with two attached hydrogens (primary N) is 1. The minimum Gasteiger partial charge on any atom is -0.491 e. The first kappa shape index (κ1) is 11.8. The van der Waals surface area contributed by atoms with Gasteiger partial charge < -0.3 is 20.5 Å². The van der Waals surface area contributed by atoms with Gasteiger partial charge in [-0.1, -0.05) is 6.07 Å². The zero-order valence-electron chi connectivity index (χ0n) is 9.18. The Bertz CT molecular complexity index is 302. The molecule has 1 rings (SSSR count). The molecule has 0 spiro atoms. The van der Waals surface area contributed by atoms with Crippen LogP contribution in [0.3, 0.4) is 0 Å². The Morgan fingerprint density at radius 2 is 2.20 bits per heavy atom. The third kappa shape index (κ3) is 4.67. The van der Waals surface area contributed by atoms with Crippen molar-refractivity contribution in [3.8, 4) is 5.75 Å². The third-order valence-electron chi connectivity index (χ3n) is 1.88. The number of nitrogen functional groups attached to an aromatic ring is 1. The van der Waals surface area contributed by atoms with E-state index in [4.69, 9.17) is 10.5 Å². The van der Waals surface area contributed by atoms with Gasteiger partial charge >= 0.3 is 0 Å². The fourth-order valence-corrected chi connectivity index (χ4v) is 1.27. The predicted octanol–water partition coefficient (Wildman–Crippen LogP) is 0.570. The second-order valence-corrected chi connectivity index (χ2v) is 3.80. The van der Waals surface area contributed by atoms with E-state index in [-0.39, 0.29) is 6.61 Å². The van der Waals surface area contributed by atoms with Crippen LogP contribution in [0.4, 0.5) is 5.69 Å². The molecule has 4 heteroatoms. The molecule has 0 saturated heterocycles. The van der Waals surface area contributed by atoms with Gasteiger partial charge in [0.1, 0.15) is 18.5 Å². The number of aliphatic hydroxyl groups excluding tert-OH is 1. The molecule has 84 valence electrons. The molecule has 4 nitrogen and oxygen atoms in total. The van der Waals surface area contributed by atoms with E-state index in [1.807, 2.05) is 31.1 Å². The minimum atomic E-state index is -0.485. The van der Waals surface area contributed by atoms with Crippen LogP contribution in [0, 0.1) is 0 Å². The van der Waals surface area contributed by atoms with Crippen LogP contribution < -0.4 is 10.5 Å². The van der Waals surface area contributed by atoms with Gasteiger partial charge in [0.05, 0.1) is 0 Å². The van der Waals surface area contributed by atoms with Gasteiger partial charge in [0, 0.05) is 18.3 Å². The van der Waals surface area contributed by atoms with Crippen LogP contribution in [-0.2, 0) is 0 Å². The molecule has 0 heterocycles. The Morgan fingerprint density at radius 3 is 2.80 bits per heavy atom. The molecule has 1 unspecified atom stereocenters. The molecular weight excluding hydrogens is 192 g/mol. The normalized spacial score (nSPS) is 12.8. The highest BCUT2D eigenvalue weighted by molar-refractivity contribution is 5.43. The van der Waals surface area contributed by atoms with Gasteiger partial charge in [0.15, 0.2) is 0 Å². The van der Waals surface area contributed by atoms with Crippen LogP contribution in [0.2, 0.25) is 0 Å². The van der Waals surface area contributed by atoms with Crippen LogP contribution in [0.5, 0.6) is 5.75 Å². The molecule has 1 aromatic carbocycles. The van der Waals surface area contributed by atoms with Crippen LogP contribution in [0.25, 0.3) is 0 Å². The van der Waals surface area contributed by atoms with Crippen molar-refractivity contribution in [2.45, 2.75) is 6.10 Å². The largest absolute Gasteiger partial charge is 0.491 e. The molecule has 0 aliphatic heterocycles. The second-order valence-electron chi connectivity index (χ2n) is 3.80. The summed E-state index contributed by atoms with van der Waals surface area (Å²) in [6.07, 6.45) is -0.485. The number of ether oxygens (including phenoxy) is 1. The Kier molecular flexibility index (Phi) is 4.39. The molecule has 3 N–H and O–H groups in total. The summed E-state index contributed by atoms with van der Waals surface area (Å²) < 4.78 is 5.39. The zero-order chi connectivity index (χ0) is 11.3. The van der Waals surface area contributed by atoms with Gasteiger partial charge in [0.2, 0.25) is 0 Å². The van der Waals surface area contributed by atoms with E-state index in [0.29, 0.717) is 18.0 Å². The molecule has 0 aliphatic rings. The number of anilines is 1. The maximum atomic E-state index is 9.55. The van der Waals surface area contributed by atoms with Gasteiger partial charge in [-0.2, -0.15) is 0 Å². The summed E-state index contributed by atoms with van der Waals surface area (Å²) in [6.45, 7) is 0.865. The summed E-state index contributed by atoms with van der Waals surface area (Å²) >= 11 is 0. The van der Waals surface area contributed by atoms with Crippen molar-refractivity contribution in [1.82, 2.24) is 4.90 Å². The Balaban J connectivity index is 2.36. The molecule has 0 bridgehead atoms. The number of likely N-dealkylation sites (N-methyl/N-ethyl adjacent to an activating group) is 1. The van der Waals surface area contributed by atoms with Gasteiger partial charge in [-0.25, -0.2) is 0 Å². The fraction of sp³-hybridized carbons (Fsp3) is 0.455. The van der Waals surface area contributed by atoms with Crippen molar-refractivity contribution in [3.05, 3.63) is 24.3 Å². The van der Waals surface area contributed by atoms with Gasteiger partial charge in [-0.15, -0.1) is 0 Å². The average molecular weight is 210 g/mol. The molecule has 1 aromatic rings. The predicted molar refractivity (Wildman–Crippen MR) is 60.9 cm³/mol. The maximum Gasteiger partial charge on any atom is 0.121 e. The van der Waals surface area contributed by atoms with Crippen molar-refractivity contribution >= 4 is 5.69 Å². The highest BCUT2D eigenvalue weighted by atomic mass is 16.5. The van der Waals surface area contributed by atoms with Crippen molar-refractivity contribution in [2.24, 2.45) is 0 Å². The van der Waals surface area contributed by atoms with Crippen molar-refractivity contribution in [3.63, 3.8) is 0 Å². The maximum absolute atomic E-state index is 9.55. The summed E-state index contributed by atoms with van der Waals surface area (Å²) in [4.78, 5) is 1.91. The van der Waals surface area contributed by atoms with E-state index in [9.17, 15) is 5.11 Å². The van der Waals surface area contributed by atoms with E-state index < -0.39 is 6.10 Å². The van der Waals surface area contributed by atoms with Crippen LogP contribution >= 0.6 is 0 Å². The van der Waals surface area contributed by atoms with Crippen LogP contribution in [0.15, 0.2) is 24.3 Å². The van der Waals surface area contributed by atoms with Crippen LogP contribution in [0.1, 0.15) is 0 Å². The van der Waals surface area contributed by atoms with E-state index in [1.54, 1.807) is 12.1 Å². The van der Waals surface area contributed by atoms with E-state index >= 15 is 0 Å². The summed E-state index contributed by atoms with van der Waals surface area (Å²) in [6, 6.07) is 7.17. The van der Waals surface area contributed by atoms with Crippen molar-refractivity contribution in [2.75, 3.05) is 33.0 Å². The van der Waals surface area contributed by atoms with Gasteiger partial charge in [-0.3, -0.25) is 0 Å². The monoisotopic (exact) mass is 210 g/mol. The highest BCUT2D eigenvalue weighted by Crippen LogP contribution is 2.14. The first-order valence-electron chi connectivity index (χ1n) is 4.89. The van der Waals surface area contributed by atoms with Gasteiger partial charge in [0.25, 0.3) is 0 Å². The molecule has 0 radical (unpaired) electrons. The molecule has 0 saturated carbocycles. The van der Waals surface area contributed by atoms with Crippen molar-refractivity contribution < 1.29 is 9.84 Å². The number of rotatable bonds is 5. The lowest BCUT2D eigenvalue weighted by molar-refractivity contribution is 0.0831. The number of hydrogen-bond donors (Lipinski definition) is 2. The lowest BCUT2D eigenvalue weighted by Gasteiger charge is -2.16. The summed E-state index contributed by atoms with van der Waals surface area (Å²) in [5.41, 5.74) is 6.26. The van der Waals surface area contributed by atoms with Crippen LogP contribution in [-0.4, -0.2) is 43.4 Å². The number of nitrogens with zero attached hydrogens (tertiary/aromatic N) is 1. The summed E-state index contributed by atoms with van der Waals surface area (Å²) in [5, 5.41) is 9.55.